The van der Waals surface area contributed by atoms with Gasteiger partial charge < -0.3 is 24.1 Å². The molecule has 2 bridgehead atoms. The number of hydrogen-bond acceptors (Lipinski definition) is 7. The minimum atomic E-state index is -1.14. The molecule has 1 N–H and O–H groups in total. The quantitative estimate of drug-likeness (QED) is 0.566. The Labute approximate surface area is 139 Å². The van der Waals surface area contributed by atoms with E-state index >= 15 is 0 Å². The maximum atomic E-state index is 12.8. The number of esters is 2. The predicted octanol–water partition coefficient (Wildman–Crippen LogP) is 0.177. The Kier molecular flexibility index (Phi) is 2.40. The van der Waals surface area contributed by atoms with Crippen LogP contribution in [-0.2, 0) is 28.5 Å². The zero-order valence-electron chi connectivity index (χ0n) is 14.2. The molecule has 5 rings (SSSR count). The summed E-state index contributed by atoms with van der Waals surface area (Å²) in [6.45, 7) is 7.24. The van der Waals surface area contributed by atoms with Gasteiger partial charge in [0.2, 0.25) is 0 Å². The van der Waals surface area contributed by atoms with Gasteiger partial charge in [-0.3, -0.25) is 9.59 Å². The highest BCUT2D eigenvalue weighted by atomic mass is 16.7. The molecule has 0 aromatic heterocycles. The van der Waals surface area contributed by atoms with Gasteiger partial charge in [-0.1, -0.05) is 6.92 Å². The van der Waals surface area contributed by atoms with Crippen LogP contribution in [0, 0.1) is 17.3 Å². The van der Waals surface area contributed by atoms with Crippen molar-refractivity contribution in [1.29, 1.82) is 0 Å². The SMILES string of the molecule is CC(=O)OC12C3OC3C3(CO3)C1(C)CC1OC(=O)C2C1C(C)(C)O. The summed E-state index contributed by atoms with van der Waals surface area (Å²) in [5.41, 5.74) is -3.36. The van der Waals surface area contributed by atoms with E-state index in [0.29, 0.717) is 13.0 Å². The molecule has 0 aromatic carbocycles. The van der Waals surface area contributed by atoms with E-state index in [0.717, 1.165) is 0 Å². The molecule has 7 nitrogen and oxygen atoms in total. The lowest BCUT2D eigenvalue weighted by molar-refractivity contribution is -0.229. The van der Waals surface area contributed by atoms with Crippen molar-refractivity contribution in [3.8, 4) is 0 Å². The molecule has 1 spiro atoms. The van der Waals surface area contributed by atoms with Gasteiger partial charge in [0.05, 0.1) is 12.2 Å². The number of ether oxygens (including phenoxy) is 4. The fourth-order valence-corrected chi connectivity index (χ4v) is 6.17. The van der Waals surface area contributed by atoms with Crippen LogP contribution in [0.1, 0.15) is 34.1 Å². The van der Waals surface area contributed by atoms with Crippen LogP contribution in [-0.4, -0.2) is 58.8 Å². The molecule has 8 atom stereocenters. The van der Waals surface area contributed by atoms with Crippen molar-refractivity contribution < 1.29 is 33.6 Å². The van der Waals surface area contributed by atoms with E-state index in [-0.39, 0.29) is 12.2 Å². The van der Waals surface area contributed by atoms with Crippen molar-refractivity contribution in [3.05, 3.63) is 0 Å². The van der Waals surface area contributed by atoms with Gasteiger partial charge in [0, 0.05) is 18.3 Å². The second kappa shape index (κ2) is 3.81. The minimum absolute atomic E-state index is 0.156. The maximum Gasteiger partial charge on any atom is 0.313 e. The van der Waals surface area contributed by atoms with Crippen molar-refractivity contribution in [2.45, 2.75) is 69.2 Å². The molecular formula is C17H22O7. The van der Waals surface area contributed by atoms with E-state index in [9.17, 15) is 14.7 Å². The number of carbonyl (C=O) groups excluding carboxylic acids is 2. The standard InChI is InChI=1S/C17H22O7/c1-7(18)24-17-10-9(14(2,3)20)8(22-13(10)19)5-15(17,4)16(6-21-16)11-12(17)23-11/h8-12,20H,5-6H2,1-4H3. The van der Waals surface area contributed by atoms with Crippen molar-refractivity contribution in [1.82, 2.24) is 0 Å². The fourth-order valence-electron chi connectivity index (χ4n) is 6.17. The molecule has 132 valence electrons. The normalized spacial score (nSPS) is 56.5. The largest absolute Gasteiger partial charge is 0.462 e. The van der Waals surface area contributed by atoms with Crippen LogP contribution in [0.15, 0.2) is 0 Å². The molecule has 5 fully saturated rings. The van der Waals surface area contributed by atoms with E-state index in [1.54, 1.807) is 13.8 Å². The van der Waals surface area contributed by atoms with E-state index in [4.69, 9.17) is 18.9 Å². The van der Waals surface area contributed by atoms with Gasteiger partial charge in [0.1, 0.15) is 29.8 Å². The third-order valence-electron chi connectivity index (χ3n) is 7.11. The summed E-state index contributed by atoms with van der Waals surface area (Å²) < 4.78 is 23.2. The smallest absolute Gasteiger partial charge is 0.313 e. The molecule has 3 saturated heterocycles. The van der Waals surface area contributed by atoms with Crippen molar-refractivity contribution in [2.24, 2.45) is 17.3 Å². The fraction of sp³-hybridized carbons (Fsp3) is 0.882. The Morgan fingerprint density at radius 2 is 2.04 bits per heavy atom. The van der Waals surface area contributed by atoms with E-state index in [2.05, 4.69) is 0 Å². The zero-order chi connectivity index (χ0) is 17.3. The second-order valence-electron chi connectivity index (χ2n) is 8.71. The van der Waals surface area contributed by atoms with Gasteiger partial charge in [-0.2, -0.15) is 0 Å². The van der Waals surface area contributed by atoms with Crippen LogP contribution in [0.3, 0.4) is 0 Å². The topological polar surface area (TPSA) is 97.9 Å². The number of fused-ring (bicyclic) bond motifs is 8. The predicted molar refractivity (Wildman–Crippen MR) is 77.7 cm³/mol. The Morgan fingerprint density at radius 3 is 2.58 bits per heavy atom. The number of epoxide rings is 2. The Morgan fingerprint density at radius 1 is 1.38 bits per heavy atom. The lowest BCUT2D eigenvalue weighted by atomic mass is 9.52. The van der Waals surface area contributed by atoms with Crippen LogP contribution in [0.5, 0.6) is 0 Å². The molecule has 3 aliphatic heterocycles. The van der Waals surface area contributed by atoms with Crippen molar-refractivity contribution >= 4 is 11.9 Å². The van der Waals surface area contributed by atoms with Gasteiger partial charge >= 0.3 is 11.9 Å². The summed E-state index contributed by atoms with van der Waals surface area (Å²) in [6, 6.07) is 0. The average Bonchev–Trinajstić information content (AvgIpc) is 3.28. The van der Waals surface area contributed by atoms with Gasteiger partial charge in [-0.25, -0.2) is 0 Å². The van der Waals surface area contributed by atoms with Crippen LogP contribution in [0.25, 0.3) is 0 Å². The summed E-state index contributed by atoms with van der Waals surface area (Å²) in [5.74, 6) is -2.07. The highest BCUT2D eigenvalue weighted by Crippen LogP contribution is 2.77. The van der Waals surface area contributed by atoms with E-state index < -0.39 is 52.1 Å². The lowest BCUT2D eigenvalue weighted by Gasteiger charge is -2.54. The summed E-state index contributed by atoms with van der Waals surface area (Å²) in [7, 11) is 0. The summed E-state index contributed by atoms with van der Waals surface area (Å²) in [6.07, 6.45) is -0.449. The van der Waals surface area contributed by atoms with E-state index in [1.165, 1.54) is 6.92 Å². The highest BCUT2D eigenvalue weighted by molar-refractivity contribution is 5.80. The number of hydrogen-bond donors (Lipinski definition) is 1. The third-order valence-corrected chi connectivity index (χ3v) is 7.11. The molecule has 5 aliphatic rings. The average molecular weight is 338 g/mol. The van der Waals surface area contributed by atoms with Crippen LogP contribution < -0.4 is 0 Å². The summed E-state index contributed by atoms with van der Waals surface area (Å²) >= 11 is 0. The summed E-state index contributed by atoms with van der Waals surface area (Å²) in [5, 5.41) is 10.7. The molecule has 0 radical (unpaired) electrons. The molecular weight excluding hydrogens is 316 g/mol. The Balaban J connectivity index is 1.72. The number of aliphatic hydroxyl groups is 1. The molecule has 0 amide bonds. The first-order valence-electron chi connectivity index (χ1n) is 8.50. The number of rotatable bonds is 2. The molecule has 2 aliphatic carbocycles. The molecule has 3 heterocycles. The Hall–Kier alpha value is -1.18. The maximum absolute atomic E-state index is 12.8. The van der Waals surface area contributed by atoms with Gasteiger partial charge in [-0.05, 0) is 20.3 Å². The first-order valence-corrected chi connectivity index (χ1v) is 8.50. The Bertz CT molecular complexity index is 662. The first kappa shape index (κ1) is 15.1. The lowest BCUT2D eigenvalue weighted by Crippen LogP contribution is -2.68. The molecule has 0 aromatic rings. The van der Waals surface area contributed by atoms with Crippen molar-refractivity contribution in [3.63, 3.8) is 0 Å². The number of carbonyl (C=O) groups is 2. The highest BCUT2D eigenvalue weighted by Gasteiger charge is 2.94. The van der Waals surface area contributed by atoms with Crippen LogP contribution in [0.2, 0.25) is 0 Å². The summed E-state index contributed by atoms with van der Waals surface area (Å²) in [4.78, 5) is 24.8. The van der Waals surface area contributed by atoms with Crippen LogP contribution >= 0.6 is 0 Å². The third kappa shape index (κ3) is 1.35. The van der Waals surface area contributed by atoms with E-state index in [1.807, 2.05) is 6.92 Å². The van der Waals surface area contributed by atoms with Gasteiger partial charge in [-0.15, -0.1) is 0 Å². The molecule has 7 heteroatoms. The monoisotopic (exact) mass is 338 g/mol. The second-order valence-corrected chi connectivity index (χ2v) is 8.71. The van der Waals surface area contributed by atoms with Crippen molar-refractivity contribution in [2.75, 3.05) is 6.61 Å². The zero-order valence-corrected chi connectivity index (χ0v) is 14.2. The minimum Gasteiger partial charge on any atom is -0.462 e. The molecule has 24 heavy (non-hydrogen) atoms. The first-order chi connectivity index (χ1) is 11.1. The van der Waals surface area contributed by atoms with Gasteiger partial charge in [0.15, 0.2) is 5.60 Å². The molecule has 8 unspecified atom stereocenters. The molecule has 2 saturated carbocycles. The van der Waals surface area contributed by atoms with Gasteiger partial charge in [0.25, 0.3) is 0 Å². The van der Waals surface area contributed by atoms with Crippen LogP contribution in [0.4, 0.5) is 0 Å².